The lowest BCUT2D eigenvalue weighted by Crippen LogP contribution is -2.54. The van der Waals surface area contributed by atoms with Gasteiger partial charge in [-0.15, -0.1) is 0 Å². The second-order valence-electron chi connectivity index (χ2n) is 5.76. The van der Waals surface area contributed by atoms with Crippen molar-refractivity contribution in [1.82, 2.24) is 20.2 Å². The average Bonchev–Trinajstić information content (AvgIpc) is 2.53. The summed E-state index contributed by atoms with van der Waals surface area (Å²) in [6.45, 7) is 9.44. The molecule has 1 aromatic heterocycles. The van der Waals surface area contributed by atoms with Crippen molar-refractivity contribution in [3.63, 3.8) is 0 Å². The number of nitrogens with one attached hydrogen (secondary N) is 1. The van der Waals surface area contributed by atoms with E-state index in [1.807, 2.05) is 33.1 Å². The third-order valence-corrected chi connectivity index (χ3v) is 4.36. The van der Waals surface area contributed by atoms with Crippen molar-refractivity contribution in [2.24, 2.45) is 0 Å². The molecular formula is C15H25N5OS. The number of carbonyl (C=O) groups is 1. The van der Waals surface area contributed by atoms with Gasteiger partial charge in [0.1, 0.15) is 5.82 Å². The number of anilines is 1. The van der Waals surface area contributed by atoms with Gasteiger partial charge in [0.2, 0.25) is 5.91 Å². The fraction of sp³-hybridized carbons (Fsp3) is 0.667. The standard InChI is InChI=1S/C15H25N5OS/c1-11(2)17-14(21)12(3)19-7-9-20(10-8-19)13-5-6-16-15(18-13)22-4/h5-6,11-12H,7-10H2,1-4H3,(H,17,21). The maximum absolute atomic E-state index is 12.1. The van der Waals surface area contributed by atoms with Crippen LogP contribution in [0.25, 0.3) is 0 Å². The zero-order valence-electron chi connectivity index (χ0n) is 13.7. The van der Waals surface area contributed by atoms with Gasteiger partial charge in [-0.2, -0.15) is 0 Å². The van der Waals surface area contributed by atoms with Gasteiger partial charge in [-0.3, -0.25) is 9.69 Å². The first kappa shape index (κ1) is 17.0. The first-order chi connectivity index (χ1) is 10.5. The summed E-state index contributed by atoms with van der Waals surface area (Å²) >= 11 is 1.55. The molecule has 6 nitrogen and oxygen atoms in total. The summed E-state index contributed by atoms with van der Waals surface area (Å²) in [5, 5.41) is 3.78. The summed E-state index contributed by atoms with van der Waals surface area (Å²) in [7, 11) is 0. The lowest BCUT2D eigenvalue weighted by Gasteiger charge is -2.38. The number of thioether (sulfide) groups is 1. The maximum atomic E-state index is 12.1. The van der Waals surface area contributed by atoms with Crippen LogP contribution in [0.2, 0.25) is 0 Å². The van der Waals surface area contributed by atoms with Gasteiger partial charge in [-0.1, -0.05) is 11.8 Å². The molecule has 0 saturated carbocycles. The van der Waals surface area contributed by atoms with Crippen LogP contribution in [-0.2, 0) is 4.79 Å². The highest BCUT2D eigenvalue weighted by Gasteiger charge is 2.26. The van der Waals surface area contributed by atoms with Gasteiger partial charge in [0.25, 0.3) is 0 Å². The highest BCUT2D eigenvalue weighted by molar-refractivity contribution is 7.98. The molecule has 0 aromatic carbocycles. The van der Waals surface area contributed by atoms with E-state index in [0.717, 1.165) is 37.2 Å². The zero-order chi connectivity index (χ0) is 16.1. The molecule has 1 aliphatic rings. The summed E-state index contributed by atoms with van der Waals surface area (Å²) < 4.78 is 0. The van der Waals surface area contributed by atoms with Crippen molar-refractivity contribution < 1.29 is 4.79 Å². The fourth-order valence-corrected chi connectivity index (χ4v) is 2.87. The molecule has 1 aliphatic heterocycles. The van der Waals surface area contributed by atoms with Crippen LogP contribution in [-0.4, -0.2) is 65.3 Å². The predicted molar refractivity (Wildman–Crippen MR) is 90.3 cm³/mol. The SMILES string of the molecule is CSc1nccc(N2CCN(C(C)C(=O)NC(C)C)CC2)n1. The first-order valence-electron chi connectivity index (χ1n) is 7.67. The molecule has 1 amide bonds. The Morgan fingerprint density at radius 3 is 2.55 bits per heavy atom. The summed E-state index contributed by atoms with van der Waals surface area (Å²) in [5.74, 6) is 1.08. The largest absolute Gasteiger partial charge is 0.354 e. The number of rotatable bonds is 5. The van der Waals surface area contributed by atoms with Crippen LogP contribution in [0.5, 0.6) is 0 Å². The van der Waals surface area contributed by atoms with Gasteiger partial charge in [0.15, 0.2) is 5.16 Å². The molecule has 2 rings (SSSR count). The Morgan fingerprint density at radius 1 is 1.27 bits per heavy atom. The number of hydrogen-bond acceptors (Lipinski definition) is 6. The van der Waals surface area contributed by atoms with Crippen LogP contribution in [0.3, 0.4) is 0 Å². The molecule has 1 aromatic rings. The normalized spacial score (nSPS) is 17.6. The molecule has 0 bridgehead atoms. The molecule has 1 fully saturated rings. The van der Waals surface area contributed by atoms with Gasteiger partial charge in [-0.25, -0.2) is 9.97 Å². The molecule has 0 aliphatic carbocycles. The summed E-state index contributed by atoms with van der Waals surface area (Å²) in [6.07, 6.45) is 3.78. The molecule has 1 saturated heterocycles. The number of aromatic nitrogens is 2. The number of carbonyl (C=O) groups excluding carboxylic acids is 1. The molecule has 7 heteroatoms. The minimum absolute atomic E-state index is 0.0864. The van der Waals surface area contributed by atoms with E-state index in [2.05, 4.69) is 25.1 Å². The topological polar surface area (TPSA) is 61.4 Å². The van der Waals surface area contributed by atoms with Crippen molar-refractivity contribution in [3.05, 3.63) is 12.3 Å². The number of amides is 1. The van der Waals surface area contributed by atoms with Crippen LogP contribution in [0.1, 0.15) is 20.8 Å². The van der Waals surface area contributed by atoms with Crippen molar-refractivity contribution in [3.8, 4) is 0 Å². The van der Waals surface area contributed by atoms with Crippen molar-refractivity contribution >= 4 is 23.5 Å². The van der Waals surface area contributed by atoms with Crippen molar-refractivity contribution in [2.45, 2.75) is 38.0 Å². The lowest BCUT2D eigenvalue weighted by atomic mass is 10.2. The van der Waals surface area contributed by atoms with Crippen LogP contribution >= 0.6 is 11.8 Å². The van der Waals surface area contributed by atoms with Crippen LogP contribution < -0.4 is 10.2 Å². The quantitative estimate of drug-likeness (QED) is 0.650. The third kappa shape index (κ3) is 4.33. The van der Waals surface area contributed by atoms with Gasteiger partial charge in [0.05, 0.1) is 6.04 Å². The zero-order valence-corrected chi connectivity index (χ0v) is 14.6. The second kappa shape index (κ2) is 7.78. The van der Waals surface area contributed by atoms with Crippen molar-refractivity contribution in [1.29, 1.82) is 0 Å². The Hall–Kier alpha value is -1.34. The van der Waals surface area contributed by atoms with E-state index in [1.165, 1.54) is 0 Å². The first-order valence-corrected chi connectivity index (χ1v) is 8.90. The van der Waals surface area contributed by atoms with Gasteiger partial charge >= 0.3 is 0 Å². The minimum atomic E-state index is -0.0864. The predicted octanol–water partition coefficient (Wildman–Crippen LogP) is 1.23. The monoisotopic (exact) mass is 323 g/mol. The van der Waals surface area contributed by atoms with E-state index in [1.54, 1.807) is 18.0 Å². The second-order valence-corrected chi connectivity index (χ2v) is 6.54. The molecule has 1 N–H and O–H groups in total. The Bertz CT molecular complexity index is 502. The molecule has 0 radical (unpaired) electrons. The Kier molecular flexibility index (Phi) is 6.02. The summed E-state index contributed by atoms with van der Waals surface area (Å²) in [6, 6.07) is 2.04. The van der Waals surface area contributed by atoms with E-state index in [0.29, 0.717) is 0 Å². The van der Waals surface area contributed by atoms with Gasteiger partial charge in [-0.05, 0) is 33.1 Å². The maximum Gasteiger partial charge on any atom is 0.237 e. The highest BCUT2D eigenvalue weighted by Crippen LogP contribution is 2.17. The Morgan fingerprint density at radius 2 is 1.95 bits per heavy atom. The summed E-state index contributed by atoms with van der Waals surface area (Å²) in [4.78, 5) is 25.3. The van der Waals surface area contributed by atoms with E-state index in [9.17, 15) is 4.79 Å². The van der Waals surface area contributed by atoms with E-state index in [4.69, 9.17) is 0 Å². The Balaban J connectivity index is 1.91. The lowest BCUT2D eigenvalue weighted by molar-refractivity contribution is -0.126. The number of hydrogen-bond donors (Lipinski definition) is 1. The molecule has 0 spiro atoms. The average molecular weight is 323 g/mol. The molecule has 122 valence electrons. The summed E-state index contributed by atoms with van der Waals surface area (Å²) in [5.41, 5.74) is 0. The van der Waals surface area contributed by atoms with Crippen LogP contribution in [0.15, 0.2) is 17.4 Å². The molecule has 22 heavy (non-hydrogen) atoms. The highest BCUT2D eigenvalue weighted by atomic mass is 32.2. The third-order valence-electron chi connectivity index (χ3n) is 3.80. The van der Waals surface area contributed by atoms with E-state index >= 15 is 0 Å². The van der Waals surface area contributed by atoms with E-state index in [-0.39, 0.29) is 18.0 Å². The van der Waals surface area contributed by atoms with Crippen molar-refractivity contribution in [2.75, 3.05) is 37.3 Å². The minimum Gasteiger partial charge on any atom is -0.354 e. The smallest absolute Gasteiger partial charge is 0.237 e. The molecule has 1 unspecified atom stereocenters. The van der Waals surface area contributed by atoms with E-state index < -0.39 is 0 Å². The van der Waals surface area contributed by atoms with Gasteiger partial charge < -0.3 is 10.2 Å². The van der Waals surface area contributed by atoms with Gasteiger partial charge in [0, 0.05) is 38.4 Å². The molecular weight excluding hydrogens is 298 g/mol. The fourth-order valence-electron chi connectivity index (χ4n) is 2.52. The Labute approximate surface area is 136 Å². The number of piperazine rings is 1. The van der Waals surface area contributed by atoms with Crippen LogP contribution in [0.4, 0.5) is 5.82 Å². The van der Waals surface area contributed by atoms with Crippen LogP contribution in [0, 0.1) is 0 Å². The molecule has 2 heterocycles. The number of nitrogens with zero attached hydrogens (tertiary/aromatic N) is 4. The molecule has 1 atom stereocenters.